The first kappa shape index (κ1) is 17.3. The maximum Gasteiger partial charge on any atom is 0.315 e. The first-order valence-corrected chi connectivity index (χ1v) is 6.27. The summed E-state index contributed by atoms with van der Waals surface area (Å²) in [5, 5.41) is 8.34. The van der Waals surface area contributed by atoms with Crippen molar-refractivity contribution < 1.29 is 9.90 Å². The zero-order chi connectivity index (χ0) is 14.9. The third-order valence-electron chi connectivity index (χ3n) is 1.75. The first-order chi connectivity index (χ1) is 9.77. The highest BCUT2D eigenvalue weighted by Crippen LogP contribution is 1.80. The predicted octanol–water partition coefficient (Wildman–Crippen LogP) is 2.45. The average Bonchev–Trinajstić information content (AvgIpc) is 2.43. The molecule has 0 heterocycles. The molecule has 0 aromatic rings. The van der Waals surface area contributed by atoms with Gasteiger partial charge >= 0.3 is 5.97 Å². The molecule has 20 heavy (non-hydrogen) atoms. The fourth-order valence-corrected chi connectivity index (χ4v) is 0.940. The Labute approximate surface area is 121 Å². The Hall–Kier alpha value is -2.73. The van der Waals surface area contributed by atoms with E-state index in [9.17, 15) is 4.79 Å². The highest BCUT2D eigenvalue weighted by Gasteiger charge is 1.86. The Morgan fingerprint density at radius 3 is 1.40 bits per heavy atom. The number of hydrogen-bond acceptors (Lipinski definition) is 1. The maximum atomic E-state index is 10.2. The van der Waals surface area contributed by atoms with Crippen LogP contribution in [-0.4, -0.2) is 11.1 Å². The van der Waals surface area contributed by atoms with Crippen molar-refractivity contribution >= 4 is 5.97 Å². The van der Waals surface area contributed by atoms with E-state index in [2.05, 4.69) is 59.2 Å². The minimum atomic E-state index is -0.918. The van der Waals surface area contributed by atoms with Gasteiger partial charge in [0.1, 0.15) is 6.42 Å². The van der Waals surface area contributed by atoms with Gasteiger partial charge in [-0.2, -0.15) is 0 Å². The van der Waals surface area contributed by atoms with Gasteiger partial charge < -0.3 is 5.11 Å². The molecule has 2 nitrogen and oxygen atoms in total. The molecule has 0 aliphatic rings. The Bertz CT molecular complexity index is 599. The molecule has 0 spiro atoms. The second-order valence-corrected chi connectivity index (χ2v) is 3.40. The van der Waals surface area contributed by atoms with Crippen LogP contribution in [0.4, 0.5) is 0 Å². The summed E-state index contributed by atoms with van der Waals surface area (Å²) >= 11 is 0. The molecule has 2 heteroatoms. The minimum absolute atomic E-state index is 0.136. The van der Waals surface area contributed by atoms with Gasteiger partial charge in [0, 0.05) is 6.42 Å². The Morgan fingerprint density at radius 2 is 1.05 bits per heavy atom. The van der Waals surface area contributed by atoms with Crippen LogP contribution in [0.5, 0.6) is 0 Å². The molecular weight excluding hydrogens is 248 g/mol. The van der Waals surface area contributed by atoms with Crippen molar-refractivity contribution in [2.24, 2.45) is 0 Å². The van der Waals surface area contributed by atoms with Crippen molar-refractivity contribution in [3.63, 3.8) is 0 Å². The summed E-state index contributed by atoms with van der Waals surface area (Å²) in [6.07, 6.45) is 2.73. The molecule has 0 aliphatic carbocycles. The molecule has 0 unspecified atom stereocenters. The molecule has 0 atom stereocenters. The highest BCUT2D eigenvalue weighted by molar-refractivity contribution is 5.69. The topological polar surface area (TPSA) is 37.3 Å². The van der Waals surface area contributed by atoms with E-state index in [0.29, 0.717) is 25.7 Å². The molecule has 100 valence electrons. The molecule has 0 aromatic heterocycles. The quantitative estimate of drug-likeness (QED) is 0.739. The molecule has 0 saturated heterocycles. The van der Waals surface area contributed by atoms with Crippen LogP contribution in [-0.2, 0) is 4.79 Å². The minimum Gasteiger partial charge on any atom is -0.481 e. The number of rotatable bonds is 1. The number of carboxylic acids is 1. The number of carboxylic acid groups (broad SMARTS) is 1. The van der Waals surface area contributed by atoms with Gasteiger partial charge in [0.15, 0.2) is 0 Å². The summed E-state index contributed by atoms with van der Waals surface area (Å²) in [6.45, 7) is 2.00. The third kappa shape index (κ3) is 15.3. The monoisotopic (exact) mass is 264 g/mol. The van der Waals surface area contributed by atoms with Crippen molar-refractivity contribution in [2.45, 2.75) is 45.4 Å². The van der Waals surface area contributed by atoms with Gasteiger partial charge in [0.25, 0.3) is 0 Å². The molecule has 0 aromatic carbocycles. The fraction of sp³-hybridized carbons (Fsp3) is 0.389. The van der Waals surface area contributed by atoms with Crippen LogP contribution >= 0.6 is 0 Å². The lowest BCUT2D eigenvalue weighted by molar-refractivity contribution is -0.135. The van der Waals surface area contributed by atoms with Crippen molar-refractivity contribution in [3.05, 3.63) is 0 Å². The molecule has 0 rings (SSSR count). The maximum absolute atomic E-state index is 10.2. The van der Waals surface area contributed by atoms with Crippen LogP contribution < -0.4 is 0 Å². The van der Waals surface area contributed by atoms with E-state index in [-0.39, 0.29) is 6.42 Å². The Kier molecular flexibility index (Phi) is 12.4. The summed E-state index contributed by atoms with van der Waals surface area (Å²) in [5.74, 6) is 27.4. The van der Waals surface area contributed by atoms with Crippen LogP contribution in [0.3, 0.4) is 0 Å². The van der Waals surface area contributed by atoms with Gasteiger partial charge in [-0.15, -0.1) is 5.92 Å². The number of carbonyl (C=O) groups is 1. The van der Waals surface area contributed by atoms with Crippen molar-refractivity contribution in [1.29, 1.82) is 0 Å². The summed E-state index contributed by atoms with van der Waals surface area (Å²) in [5.41, 5.74) is 0. The number of hydrogen-bond donors (Lipinski definition) is 1. The molecular formula is C18H16O2. The number of aliphatic carboxylic acids is 1. The van der Waals surface area contributed by atoms with Crippen molar-refractivity contribution in [1.82, 2.24) is 0 Å². The van der Waals surface area contributed by atoms with Gasteiger partial charge in [-0.05, 0) is 0 Å². The average molecular weight is 264 g/mol. The standard InChI is InChI=1S/C18H16O2/c1-2-3-4-5-6-7-8-9-10-11-12-13-14-15-16-17-18(19)20/h2,5,8,11,14,17H2,1H3,(H,19,20). The molecule has 0 radical (unpaired) electrons. The van der Waals surface area contributed by atoms with Gasteiger partial charge in [0.2, 0.25) is 0 Å². The van der Waals surface area contributed by atoms with Crippen molar-refractivity contribution in [2.75, 3.05) is 0 Å². The van der Waals surface area contributed by atoms with Crippen molar-refractivity contribution in [3.8, 4) is 59.2 Å². The third-order valence-corrected chi connectivity index (χ3v) is 1.75. The van der Waals surface area contributed by atoms with Crippen LogP contribution in [0.2, 0.25) is 0 Å². The second-order valence-electron chi connectivity index (χ2n) is 3.40. The zero-order valence-electron chi connectivity index (χ0n) is 11.6. The zero-order valence-corrected chi connectivity index (χ0v) is 11.6. The van der Waals surface area contributed by atoms with Crippen LogP contribution in [0.15, 0.2) is 0 Å². The van der Waals surface area contributed by atoms with Gasteiger partial charge in [-0.1, -0.05) is 60.2 Å². The Morgan fingerprint density at radius 1 is 0.700 bits per heavy atom. The molecule has 0 amide bonds. The van der Waals surface area contributed by atoms with E-state index in [0.717, 1.165) is 6.42 Å². The Balaban J connectivity index is 3.72. The SMILES string of the molecule is CCC#CCC#CCC#CCC#CCC#CCC(=O)O. The predicted molar refractivity (Wildman–Crippen MR) is 79.9 cm³/mol. The van der Waals surface area contributed by atoms with E-state index < -0.39 is 5.97 Å². The van der Waals surface area contributed by atoms with Crippen LogP contribution in [0, 0.1) is 59.2 Å². The van der Waals surface area contributed by atoms with Crippen LogP contribution in [0.1, 0.15) is 45.4 Å². The molecule has 1 N–H and O–H groups in total. The molecule has 0 saturated carbocycles. The summed E-state index contributed by atoms with van der Waals surface area (Å²) < 4.78 is 0. The fourth-order valence-electron chi connectivity index (χ4n) is 0.940. The summed E-state index contributed by atoms with van der Waals surface area (Å²) in [6, 6.07) is 0. The highest BCUT2D eigenvalue weighted by atomic mass is 16.4. The normalized spacial score (nSPS) is 6.85. The largest absolute Gasteiger partial charge is 0.481 e. The van der Waals surface area contributed by atoms with E-state index >= 15 is 0 Å². The van der Waals surface area contributed by atoms with E-state index in [1.165, 1.54) is 0 Å². The lowest BCUT2D eigenvalue weighted by Crippen LogP contribution is -1.89. The first-order valence-electron chi connectivity index (χ1n) is 6.27. The molecule has 0 bridgehead atoms. The van der Waals surface area contributed by atoms with Gasteiger partial charge in [-0.3, -0.25) is 4.79 Å². The lowest BCUT2D eigenvalue weighted by Gasteiger charge is -1.77. The van der Waals surface area contributed by atoms with Gasteiger partial charge in [0.05, 0.1) is 25.7 Å². The second kappa shape index (κ2) is 14.3. The summed E-state index contributed by atoms with van der Waals surface area (Å²) in [4.78, 5) is 10.2. The molecule has 0 fully saturated rings. The van der Waals surface area contributed by atoms with E-state index in [1.54, 1.807) is 0 Å². The van der Waals surface area contributed by atoms with Gasteiger partial charge in [-0.25, -0.2) is 0 Å². The van der Waals surface area contributed by atoms with E-state index in [4.69, 9.17) is 5.11 Å². The van der Waals surface area contributed by atoms with Crippen LogP contribution in [0.25, 0.3) is 0 Å². The van der Waals surface area contributed by atoms with E-state index in [1.807, 2.05) is 6.92 Å². The lowest BCUT2D eigenvalue weighted by atomic mass is 10.3. The smallest absolute Gasteiger partial charge is 0.315 e. The summed E-state index contributed by atoms with van der Waals surface area (Å²) in [7, 11) is 0. The molecule has 0 aliphatic heterocycles.